The summed E-state index contributed by atoms with van der Waals surface area (Å²) < 4.78 is 0. The van der Waals surface area contributed by atoms with E-state index < -0.39 is 0 Å². The molecule has 0 aromatic rings. The lowest BCUT2D eigenvalue weighted by Crippen LogP contribution is -2.58. The first-order valence-corrected chi connectivity index (χ1v) is 7.12. The highest BCUT2D eigenvalue weighted by atomic mass is 15.3. The van der Waals surface area contributed by atoms with Crippen LogP contribution in [-0.2, 0) is 0 Å². The lowest BCUT2D eigenvalue weighted by Gasteiger charge is -2.44. The first-order chi connectivity index (χ1) is 7.63. The van der Waals surface area contributed by atoms with Crippen LogP contribution in [0, 0.1) is 11.8 Å². The summed E-state index contributed by atoms with van der Waals surface area (Å²) in [5.41, 5.74) is 0. The Morgan fingerprint density at radius 1 is 1.19 bits per heavy atom. The van der Waals surface area contributed by atoms with Crippen LogP contribution in [0.1, 0.15) is 47.0 Å². The van der Waals surface area contributed by atoms with E-state index in [0.717, 1.165) is 30.0 Å². The van der Waals surface area contributed by atoms with Crippen LogP contribution in [0.15, 0.2) is 0 Å². The van der Waals surface area contributed by atoms with E-state index in [1.807, 2.05) is 0 Å². The van der Waals surface area contributed by atoms with E-state index in [1.54, 1.807) is 0 Å². The number of piperazine rings is 1. The highest BCUT2D eigenvalue weighted by Gasteiger charge is 2.38. The molecule has 5 unspecified atom stereocenters. The Kier molecular flexibility index (Phi) is 3.91. The van der Waals surface area contributed by atoms with Crippen LogP contribution in [0.25, 0.3) is 0 Å². The lowest BCUT2D eigenvalue weighted by molar-refractivity contribution is 0.0686. The average molecular weight is 224 g/mol. The van der Waals surface area contributed by atoms with Crippen LogP contribution in [-0.4, -0.2) is 36.1 Å². The summed E-state index contributed by atoms with van der Waals surface area (Å²) in [7, 11) is 0. The topological polar surface area (TPSA) is 15.3 Å². The van der Waals surface area contributed by atoms with E-state index in [1.165, 1.54) is 32.4 Å². The van der Waals surface area contributed by atoms with Crippen molar-refractivity contribution in [3.8, 4) is 0 Å². The van der Waals surface area contributed by atoms with Crippen LogP contribution in [0.3, 0.4) is 0 Å². The van der Waals surface area contributed by atoms with Gasteiger partial charge in [-0.25, -0.2) is 0 Å². The predicted molar refractivity (Wildman–Crippen MR) is 69.6 cm³/mol. The van der Waals surface area contributed by atoms with Gasteiger partial charge in [0.2, 0.25) is 0 Å². The molecule has 94 valence electrons. The summed E-state index contributed by atoms with van der Waals surface area (Å²) in [6.07, 6.45) is 4.11. The Hall–Kier alpha value is -0.0800. The zero-order chi connectivity index (χ0) is 11.7. The van der Waals surface area contributed by atoms with Crippen LogP contribution < -0.4 is 5.32 Å². The fraction of sp³-hybridized carbons (Fsp3) is 1.00. The molecular weight excluding hydrogens is 196 g/mol. The van der Waals surface area contributed by atoms with Crippen LogP contribution in [0.2, 0.25) is 0 Å². The van der Waals surface area contributed by atoms with Crippen LogP contribution in [0.4, 0.5) is 0 Å². The third-order valence-corrected chi connectivity index (χ3v) is 5.04. The number of nitrogens with one attached hydrogen (secondary N) is 1. The minimum absolute atomic E-state index is 0.722. The second-order valence-corrected chi connectivity index (χ2v) is 6.04. The minimum Gasteiger partial charge on any atom is -0.311 e. The molecule has 1 saturated carbocycles. The normalized spacial score (nSPS) is 46.1. The number of hydrogen-bond acceptors (Lipinski definition) is 2. The van der Waals surface area contributed by atoms with Crippen molar-refractivity contribution in [1.29, 1.82) is 0 Å². The quantitative estimate of drug-likeness (QED) is 0.775. The van der Waals surface area contributed by atoms with Crippen molar-refractivity contribution >= 4 is 0 Å². The molecule has 2 nitrogen and oxygen atoms in total. The van der Waals surface area contributed by atoms with Crippen molar-refractivity contribution in [2.75, 3.05) is 13.1 Å². The Morgan fingerprint density at radius 2 is 1.94 bits per heavy atom. The van der Waals surface area contributed by atoms with Gasteiger partial charge >= 0.3 is 0 Å². The molecular formula is C14H28N2. The van der Waals surface area contributed by atoms with Gasteiger partial charge < -0.3 is 5.32 Å². The predicted octanol–water partition coefficient (Wildman–Crippen LogP) is 2.49. The van der Waals surface area contributed by atoms with Gasteiger partial charge in [0.15, 0.2) is 0 Å². The molecule has 2 rings (SSSR count). The van der Waals surface area contributed by atoms with Gasteiger partial charge in [-0.1, -0.05) is 20.8 Å². The van der Waals surface area contributed by atoms with E-state index >= 15 is 0 Å². The summed E-state index contributed by atoms with van der Waals surface area (Å²) in [5.74, 6) is 1.81. The maximum Gasteiger partial charge on any atom is 0.0196 e. The third kappa shape index (κ3) is 2.28. The summed E-state index contributed by atoms with van der Waals surface area (Å²) in [5, 5.41) is 3.66. The minimum atomic E-state index is 0.722. The average Bonchev–Trinajstić information content (AvgIpc) is 2.61. The molecule has 0 bridgehead atoms. The lowest BCUT2D eigenvalue weighted by atomic mass is 9.94. The van der Waals surface area contributed by atoms with Gasteiger partial charge in [0.25, 0.3) is 0 Å². The molecule has 1 aliphatic carbocycles. The molecule has 16 heavy (non-hydrogen) atoms. The molecule has 1 aliphatic heterocycles. The molecule has 2 fully saturated rings. The highest BCUT2D eigenvalue weighted by Crippen LogP contribution is 2.36. The SMILES string of the molecule is CCC1CN(C2CCC(C)C2C)C(C)CN1. The van der Waals surface area contributed by atoms with Crippen molar-refractivity contribution in [2.24, 2.45) is 11.8 Å². The van der Waals surface area contributed by atoms with Crippen molar-refractivity contribution in [3.63, 3.8) is 0 Å². The van der Waals surface area contributed by atoms with Gasteiger partial charge in [-0.2, -0.15) is 0 Å². The Morgan fingerprint density at radius 3 is 2.50 bits per heavy atom. The highest BCUT2D eigenvalue weighted by molar-refractivity contribution is 4.93. The molecule has 1 N–H and O–H groups in total. The van der Waals surface area contributed by atoms with E-state index in [0.29, 0.717) is 0 Å². The summed E-state index contributed by atoms with van der Waals surface area (Å²) in [6.45, 7) is 12.0. The molecule has 0 radical (unpaired) electrons. The molecule has 0 spiro atoms. The van der Waals surface area contributed by atoms with E-state index in [2.05, 4.69) is 37.9 Å². The van der Waals surface area contributed by atoms with Gasteiger partial charge in [0, 0.05) is 31.2 Å². The zero-order valence-corrected chi connectivity index (χ0v) is 11.4. The smallest absolute Gasteiger partial charge is 0.0196 e. The second kappa shape index (κ2) is 5.05. The zero-order valence-electron chi connectivity index (χ0n) is 11.4. The van der Waals surface area contributed by atoms with Gasteiger partial charge in [0.05, 0.1) is 0 Å². The monoisotopic (exact) mass is 224 g/mol. The first-order valence-electron chi connectivity index (χ1n) is 7.12. The van der Waals surface area contributed by atoms with Crippen molar-refractivity contribution in [2.45, 2.75) is 65.1 Å². The standard InChI is InChI=1S/C14H28N2/c1-5-13-9-16(11(3)8-15-13)14-7-6-10(2)12(14)4/h10-15H,5-9H2,1-4H3. The molecule has 1 saturated heterocycles. The van der Waals surface area contributed by atoms with E-state index in [4.69, 9.17) is 0 Å². The summed E-state index contributed by atoms with van der Waals surface area (Å²) >= 11 is 0. The van der Waals surface area contributed by atoms with Gasteiger partial charge in [-0.15, -0.1) is 0 Å². The maximum absolute atomic E-state index is 3.66. The van der Waals surface area contributed by atoms with Crippen LogP contribution in [0.5, 0.6) is 0 Å². The largest absolute Gasteiger partial charge is 0.311 e. The van der Waals surface area contributed by atoms with Crippen molar-refractivity contribution < 1.29 is 0 Å². The Balaban J connectivity index is 2.01. The fourth-order valence-electron chi connectivity index (χ4n) is 3.50. The van der Waals surface area contributed by atoms with E-state index in [-0.39, 0.29) is 0 Å². The summed E-state index contributed by atoms with van der Waals surface area (Å²) in [4.78, 5) is 2.79. The molecule has 2 heteroatoms. The van der Waals surface area contributed by atoms with Crippen molar-refractivity contribution in [3.05, 3.63) is 0 Å². The Labute approximate surface area is 101 Å². The van der Waals surface area contributed by atoms with Gasteiger partial charge in [-0.05, 0) is 38.0 Å². The van der Waals surface area contributed by atoms with Gasteiger partial charge in [0.1, 0.15) is 0 Å². The summed E-state index contributed by atoms with van der Waals surface area (Å²) in [6, 6.07) is 2.29. The second-order valence-electron chi connectivity index (χ2n) is 6.04. The van der Waals surface area contributed by atoms with Crippen molar-refractivity contribution in [1.82, 2.24) is 10.2 Å². The third-order valence-electron chi connectivity index (χ3n) is 5.04. The molecule has 5 atom stereocenters. The molecule has 0 amide bonds. The number of hydrogen-bond donors (Lipinski definition) is 1. The van der Waals surface area contributed by atoms with E-state index in [9.17, 15) is 0 Å². The molecule has 0 aromatic heterocycles. The number of nitrogens with zero attached hydrogens (tertiary/aromatic N) is 1. The van der Waals surface area contributed by atoms with Crippen LogP contribution >= 0.6 is 0 Å². The molecule has 0 aromatic carbocycles. The molecule has 1 heterocycles. The fourth-order valence-corrected chi connectivity index (χ4v) is 3.50. The Bertz CT molecular complexity index is 229. The number of rotatable bonds is 2. The first kappa shape index (κ1) is 12.4. The maximum atomic E-state index is 3.66. The van der Waals surface area contributed by atoms with Gasteiger partial charge in [-0.3, -0.25) is 4.90 Å². The molecule has 2 aliphatic rings.